The van der Waals surface area contributed by atoms with Gasteiger partial charge in [0.15, 0.2) is 0 Å². The van der Waals surface area contributed by atoms with Crippen LogP contribution in [0.3, 0.4) is 0 Å². The molecule has 0 bridgehead atoms. The number of urea groups is 1. The fourth-order valence-corrected chi connectivity index (χ4v) is 1.36. The van der Waals surface area contributed by atoms with Gasteiger partial charge in [-0.1, -0.05) is 12.1 Å². The summed E-state index contributed by atoms with van der Waals surface area (Å²) in [7, 11) is 1.60. The first-order valence-electron chi connectivity index (χ1n) is 5.60. The van der Waals surface area contributed by atoms with Crippen LogP contribution in [0, 0.1) is 6.92 Å². The Morgan fingerprint density at radius 1 is 1.33 bits per heavy atom. The molecule has 1 aromatic carbocycles. The van der Waals surface area contributed by atoms with E-state index in [4.69, 9.17) is 5.11 Å². The van der Waals surface area contributed by atoms with Gasteiger partial charge in [0.25, 0.3) is 0 Å². The second-order valence-electron chi connectivity index (χ2n) is 4.76. The number of carboxylic acids is 1. The van der Waals surface area contributed by atoms with E-state index in [1.807, 2.05) is 25.1 Å². The van der Waals surface area contributed by atoms with Crippen molar-refractivity contribution in [1.29, 1.82) is 0 Å². The van der Waals surface area contributed by atoms with Crippen LogP contribution >= 0.6 is 0 Å². The molecule has 2 amide bonds. The number of aliphatic carboxylic acids is 1. The van der Waals surface area contributed by atoms with E-state index < -0.39 is 17.5 Å². The van der Waals surface area contributed by atoms with E-state index in [1.165, 1.54) is 18.7 Å². The third-order valence-corrected chi connectivity index (χ3v) is 2.65. The summed E-state index contributed by atoms with van der Waals surface area (Å²) in [6.07, 6.45) is 0. The van der Waals surface area contributed by atoms with Crippen molar-refractivity contribution in [3.63, 3.8) is 0 Å². The standard InChI is InChI=1S/C13H18N2O3/c1-9-6-5-7-10(8-9)15(4)12(18)14-13(2,3)11(16)17/h5-8H,1-4H3,(H,14,18)(H,16,17). The van der Waals surface area contributed by atoms with Gasteiger partial charge in [0.2, 0.25) is 0 Å². The van der Waals surface area contributed by atoms with Crippen LogP contribution in [0.4, 0.5) is 10.5 Å². The number of carbonyl (C=O) groups is 2. The summed E-state index contributed by atoms with van der Waals surface area (Å²) in [6.45, 7) is 4.81. The van der Waals surface area contributed by atoms with Gasteiger partial charge < -0.3 is 10.4 Å². The Bertz CT molecular complexity index is 469. The predicted molar refractivity (Wildman–Crippen MR) is 69.8 cm³/mol. The van der Waals surface area contributed by atoms with E-state index in [0.29, 0.717) is 5.69 Å². The molecule has 2 N–H and O–H groups in total. The average molecular weight is 250 g/mol. The smallest absolute Gasteiger partial charge is 0.328 e. The maximum atomic E-state index is 11.9. The molecule has 0 atom stereocenters. The van der Waals surface area contributed by atoms with Crippen LogP contribution in [0.25, 0.3) is 0 Å². The van der Waals surface area contributed by atoms with Crippen LogP contribution in [0.15, 0.2) is 24.3 Å². The van der Waals surface area contributed by atoms with Gasteiger partial charge in [-0.3, -0.25) is 4.90 Å². The first kappa shape index (κ1) is 14.0. The zero-order valence-corrected chi connectivity index (χ0v) is 11.0. The zero-order valence-electron chi connectivity index (χ0n) is 11.0. The topological polar surface area (TPSA) is 69.6 Å². The van der Waals surface area contributed by atoms with Crippen molar-refractivity contribution < 1.29 is 14.7 Å². The Labute approximate surface area is 106 Å². The summed E-state index contributed by atoms with van der Waals surface area (Å²) in [5.74, 6) is -1.08. The number of aryl methyl sites for hydroxylation is 1. The minimum Gasteiger partial charge on any atom is -0.480 e. The Kier molecular flexibility index (Phi) is 3.96. The summed E-state index contributed by atoms with van der Waals surface area (Å²) < 4.78 is 0. The normalized spacial score (nSPS) is 10.9. The molecular formula is C13H18N2O3. The molecule has 0 spiro atoms. The molecule has 1 aromatic rings. The quantitative estimate of drug-likeness (QED) is 0.862. The number of hydrogen-bond donors (Lipinski definition) is 2. The highest BCUT2D eigenvalue weighted by molar-refractivity contribution is 5.95. The number of carboxylic acid groups (broad SMARTS) is 1. The summed E-state index contributed by atoms with van der Waals surface area (Å²) in [6, 6.07) is 6.97. The molecule has 0 aliphatic rings. The van der Waals surface area contributed by atoms with Crippen molar-refractivity contribution in [3.8, 4) is 0 Å². The molecule has 0 radical (unpaired) electrons. The highest BCUT2D eigenvalue weighted by Crippen LogP contribution is 2.15. The van der Waals surface area contributed by atoms with Crippen molar-refractivity contribution in [3.05, 3.63) is 29.8 Å². The Hall–Kier alpha value is -2.04. The molecule has 0 saturated heterocycles. The number of anilines is 1. The lowest BCUT2D eigenvalue weighted by atomic mass is 10.1. The van der Waals surface area contributed by atoms with E-state index >= 15 is 0 Å². The lowest BCUT2D eigenvalue weighted by molar-refractivity contribution is -0.142. The molecular weight excluding hydrogens is 232 g/mol. The number of rotatable bonds is 3. The molecule has 0 fully saturated rings. The van der Waals surface area contributed by atoms with Gasteiger partial charge >= 0.3 is 12.0 Å². The monoisotopic (exact) mass is 250 g/mol. The number of nitrogens with one attached hydrogen (secondary N) is 1. The molecule has 0 saturated carbocycles. The lowest BCUT2D eigenvalue weighted by Gasteiger charge is -2.25. The molecule has 98 valence electrons. The molecule has 0 aliphatic carbocycles. The third-order valence-electron chi connectivity index (χ3n) is 2.65. The fraction of sp³-hybridized carbons (Fsp3) is 0.385. The Morgan fingerprint density at radius 3 is 2.44 bits per heavy atom. The van der Waals surface area contributed by atoms with E-state index in [9.17, 15) is 9.59 Å². The SMILES string of the molecule is Cc1cccc(N(C)C(=O)NC(C)(C)C(=O)O)c1. The number of hydrogen-bond acceptors (Lipinski definition) is 2. The van der Waals surface area contributed by atoms with Crippen LogP contribution in [0.2, 0.25) is 0 Å². The summed E-state index contributed by atoms with van der Waals surface area (Å²) in [4.78, 5) is 24.2. The number of amides is 2. The van der Waals surface area contributed by atoms with E-state index in [1.54, 1.807) is 13.1 Å². The van der Waals surface area contributed by atoms with E-state index in [0.717, 1.165) is 5.56 Å². The first-order chi connectivity index (χ1) is 8.24. The van der Waals surface area contributed by atoms with Gasteiger partial charge in [-0.05, 0) is 38.5 Å². The number of carbonyl (C=O) groups excluding carboxylic acids is 1. The van der Waals surface area contributed by atoms with E-state index in [2.05, 4.69) is 5.32 Å². The van der Waals surface area contributed by atoms with Crippen LogP contribution in [-0.2, 0) is 4.79 Å². The largest absolute Gasteiger partial charge is 0.480 e. The minimum atomic E-state index is -1.30. The predicted octanol–water partition coefficient (Wildman–Crippen LogP) is 2.00. The lowest BCUT2D eigenvalue weighted by Crippen LogP contribution is -2.53. The van der Waals surface area contributed by atoms with E-state index in [-0.39, 0.29) is 0 Å². The third kappa shape index (κ3) is 3.23. The van der Waals surface area contributed by atoms with Crippen LogP contribution in [0.5, 0.6) is 0 Å². The van der Waals surface area contributed by atoms with Gasteiger partial charge in [0.05, 0.1) is 0 Å². The second-order valence-corrected chi connectivity index (χ2v) is 4.76. The molecule has 18 heavy (non-hydrogen) atoms. The summed E-state index contributed by atoms with van der Waals surface area (Å²) in [5.41, 5.74) is 0.452. The van der Waals surface area contributed by atoms with Crippen LogP contribution in [-0.4, -0.2) is 29.7 Å². The van der Waals surface area contributed by atoms with Crippen molar-refractivity contribution in [2.24, 2.45) is 0 Å². The average Bonchev–Trinajstić information content (AvgIpc) is 2.27. The molecule has 0 heterocycles. The molecule has 0 aliphatic heterocycles. The van der Waals surface area contributed by atoms with Crippen LogP contribution < -0.4 is 10.2 Å². The van der Waals surface area contributed by atoms with Gasteiger partial charge in [-0.15, -0.1) is 0 Å². The summed E-state index contributed by atoms with van der Waals surface area (Å²) >= 11 is 0. The molecule has 0 aromatic heterocycles. The molecule has 5 nitrogen and oxygen atoms in total. The first-order valence-corrected chi connectivity index (χ1v) is 5.60. The maximum Gasteiger partial charge on any atom is 0.328 e. The number of benzene rings is 1. The Morgan fingerprint density at radius 2 is 1.94 bits per heavy atom. The number of nitrogens with zero attached hydrogens (tertiary/aromatic N) is 1. The van der Waals surface area contributed by atoms with Crippen molar-refractivity contribution in [1.82, 2.24) is 5.32 Å². The maximum absolute atomic E-state index is 11.9. The molecule has 1 rings (SSSR count). The molecule has 5 heteroatoms. The highest BCUT2D eigenvalue weighted by Gasteiger charge is 2.30. The zero-order chi connectivity index (χ0) is 13.9. The highest BCUT2D eigenvalue weighted by atomic mass is 16.4. The minimum absolute atomic E-state index is 0.451. The second kappa shape index (κ2) is 5.08. The summed E-state index contributed by atoms with van der Waals surface area (Å²) in [5, 5.41) is 11.4. The van der Waals surface area contributed by atoms with Crippen molar-refractivity contribution >= 4 is 17.7 Å². The Balaban J connectivity index is 2.82. The van der Waals surface area contributed by atoms with Crippen molar-refractivity contribution in [2.75, 3.05) is 11.9 Å². The van der Waals surface area contributed by atoms with Gasteiger partial charge in [0, 0.05) is 12.7 Å². The van der Waals surface area contributed by atoms with Gasteiger partial charge in [-0.2, -0.15) is 0 Å². The van der Waals surface area contributed by atoms with Gasteiger partial charge in [0.1, 0.15) is 5.54 Å². The fourth-order valence-electron chi connectivity index (χ4n) is 1.36. The van der Waals surface area contributed by atoms with Crippen LogP contribution in [0.1, 0.15) is 19.4 Å². The molecule has 0 unspecified atom stereocenters. The van der Waals surface area contributed by atoms with Crippen molar-refractivity contribution in [2.45, 2.75) is 26.3 Å². The van der Waals surface area contributed by atoms with Gasteiger partial charge in [-0.25, -0.2) is 9.59 Å².